The second-order valence-electron chi connectivity index (χ2n) is 4.39. The number of imide groups is 1. The van der Waals surface area contributed by atoms with Gasteiger partial charge in [0.05, 0.1) is 0 Å². The smallest absolute Gasteiger partial charge is 0.297 e. The van der Waals surface area contributed by atoms with Crippen LogP contribution in [0.3, 0.4) is 0 Å². The van der Waals surface area contributed by atoms with Crippen LogP contribution in [0.4, 0.5) is 23.7 Å². The number of hydrogen-bond acceptors (Lipinski definition) is 2. The molecule has 4 nitrogen and oxygen atoms in total. The third-order valence-electron chi connectivity index (χ3n) is 2.93. The Kier molecular flexibility index (Phi) is 4.45. The van der Waals surface area contributed by atoms with E-state index in [2.05, 4.69) is 0 Å². The molecule has 22 heavy (non-hydrogen) atoms. The number of nitrogens with one attached hydrogen (secondary N) is 1. The number of urea groups is 1. The lowest BCUT2D eigenvalue weighted by atomic mass is 10.2. The molecule has 0 saturated carbocycles. The molecule has 0 radical (unpaired) electrons. The fourth-order valence-electron chi connectivity index (χ4n) is 1.74. The zero-order valence-corrected chi connectivity index (χ0v) is 11.4. The van der Waals surface area contributed by atoms with Gasteiger partial charge in [-0.3, -0.25) is 15.0 Å². The van der Waals surface area contributed by atoms with E-state index >= 15 is 0 Å². The highest BCUT2D eigenvalue weighted by Gasteiger charge is 2.21. The summed E-state index contributed by atoms with van der Waals surface area (Å²) in [6.07, 6.45) is 0. The van der Waals surface area contributed by atoms with Crippen LogP contribution in [0.5, 0.6) is 0 Å². The van der Waals surface area contributed by atoms with E-state index < -0.39 is 35.0 Å². The molecule has 7 heteroatoms. The molecule has 0 spiro atoms. The zero-order valence-electron chi connectivity index (χ0n) is 11.4. The van der Waals surface area contributed by atoms with Crippen molar-refractivity contribution in [2.75, 3.05) is 11.9 Å². The van der Waals surface area contributed by atoms with Crippen LogP contribution in [0, 0.1) is 17.5 Å². The molecule has 0 fully saturated rings. The molecule has 2 aromatic rings. The van der Waals surface area contributed by atoms with Gasteiger partial charge in [-0.2, -0.15) is 0 Å². The first kappa shape index (κ1) is 15.6. The summed E-state index contributed by atoms with van der Waals surface area (Å²) in [5, 5.41) is 1.87. The van der Waals surface area contributed by atoms with Gasteiger partial charge in [0.2, 0.25) is 0 Å². The fourth-order valence-corrected chi connectivity index (χ4v) is 1.74. The highest BCUT2D eigenvalue weighted by molar-refractivity contribution is 6.08. The Labute approximate surface area is 124 Å². The Hall–Kier alpha value is -2.83. The second-order valence-corrected chi connectivity index (χ2v) is 4.39. The highest BCUT2D eigenvalue weighted by Crippen LogP contribution is 2.14. The van der Waals surface area contributed by atoms with Gasteiger partial charge in [-0.15, -0.1) is 0 Å². The maximum atomic E-state index is 13.5. The number of carbonyl (C=O) groups is 2. The minimum atomic E-state index is -1.20. The molecule has 0 aliphatic rings. The quantitative estimate of drug-likeness (QED) is 0.927. The molecule has 0 bridgehead atoms. The third kappa shape index (κ3) is 3.25. The minimum absolute atomic E-state index is 0.306. The van der Waals surface area contributed by atoms with Crippen molar-refractivity contribution >= 4 is 17.6 Å². The molecule has 0 unspecified atom stereocenters. The Balaban J connectivity index is 2.14. The van der Waals surface area contributed by atoms with Crippen molar-refractivity contribution in [3.8, 4) is 0 Å². The normalized spacial score (nSPS) is 10.2. The molecular weight excluding hydrogens is 297 g/mol. The van der Waals surface area contributed by atoms with Gasteiger partial charge in [0.1, 0.15) is 23.0 Å². The van der Waals surface area contributed by atoms with E-state index in [9.17, 15) is 22.8 Å². The van der Waals surface area contributed by atoms with Crippen LogP contribution < -0.4 is 10.2 Å². The summed E-state index contributed by atoms with van der Waals surface area (Å²) >= 11 is 0. The standard InChI is InChI=1S/C15H11F3N2O2/c1-20(10-7-5-9(16)6-8-10)15(22)19-14(21)13-11(17)3-2-4-12(13)18/h2-8H,1H3,(H,19,21,22). The van der Waals surface area contributed by atoms with Crippen molar-refractivity contribution in [1.82, 2.24) is 5.32 Å². The summed E-state index contributed by atoms with van der Waals surface area (Å²) in [4.78, 5) is 24.7. The van der Waals surface area contributed by atoms with Gasteiger partial charge >= 0.3 is 6.03 Å². The van der Waals surface area contributed by atoms with E-state index in [-0.39, 0.29) is 0 Å². The lowest BCUT2D eigenvalue weighted by Crippen LogP contribution is -2.41. The minimum Gasteiger partial charge on any atom is -0.297 e. The molecule has 1 N–H and O–H groups in total. The molecular formula is C15H11F3N2O2. The first-order valence-electron chi connectivity index (χ1n) is 6.19. The second kappa shape index (κ2) is 6.30. The van der Waals surface area contributed by atoms with Gasteiger partial charge in [-0.1, -0.05) is 6.07 Å². The predicted octanol–water partition coefficient (Wildman–Crippen LogP) is 3.09. The van der Waals surface area contributed by atoms with Crippen LogP contribution in [0.15, 0.2) is 42.5 Å². The summed E-state index contributed by atoms with van der Waals surface area (Å²) in [6.45, 7) is 0. The van der Waals surface area contributed by atoms with Crippen LogP contribution in [0.2, 0.25) is 0 Å². The van der Waals surface area contributed by atoms with Crippen molar-refractivity contribution in [2.45, 2.75) is 0 Å². The number of hydrogen-bond donors (Lipinski definition) is 1. The fraction of sp³-hybridized carbons (Fsp3) is 0.0667. The highest BCUT2D eigenvalue weighted by atomic mass is 19.1. The van der Waals surface area contributed by atoms with Crippen molar-refractivity contribution in [1.29, 1.82) is 0 Å². The summed E-state index contributed by atoms with van der Waals surface area (Å²) < 4.78 is 39.7. The van der Waals surface area contributed by atoms with Gasteiger partial charge < -0.3 is 0 Å². The maximum Gasteiger partial charge on any atom is 0.328 e. The molecule has 0 aliphatic carbocycles. The Morgan fingerprint density at radius 1 is 0.955 bits per heavy atom. The molecule has 0 aromatic heterocycles. The molecule has 2 rings (SSSR count). The first-order valence-corrected chi connectivity index (χ1v) is 6.19. The monoisotopic (exact) mass is 308 g/mol. The maximum absolute atomic E-state index is 13.5. The lowest BCUT2D eigenvalue weighted by Gasteiger charge is -2.17. The molecule has 3 amide bonds. The number of halogens is 3. The largest absolute Gasteiger partial charge is 0.328 e. The predicted molar refractivity (Wildman–Crippen MR) is 74.0 cm³/mol. The lowest BCUT2D eigenvalue weighted by molar-refractivity contribution is 0.0957. The molecule has 0 aliphatic heterocycles. The summed E-state index contributed by atoms with van der Waals surface area (Å²) in [5.41, 5.74) is -0.538. The van der Waals surface area contributed by atoms with Gasteiger partial charge in [0, 0.05) is 12.7 Å². The topological polar surface area (TPSA) is 49.4 Å². The SMILES string of the molecule is CN(C(=O)NC(=O)c1c(F)cccc1F)c1ccc(F)cc1. The third-order valence-corrected chi connectivity index (χ3v) is 2.93. The summed E-state index contributed by atoms with van der Waals surface area (Å²) in [7, 11) is 1.33. The molecule has 2 aromatic carbocycles. The number of nitrogens with zero attached hydrogens (tertiary/aromatic N) is 1. The van der Waals surface area contributed by atoms with Crippen LogP contribution >= 0.6 is 0 Å². The summed E-state index contributed by atoms with van der Waals surface area (Å²) in [6, 6.07) is 6.94. The Morgan fingerprint density at radius 2 is 1.50 bits per heavy atom. The van der Waals surface area contributed by atoms with E-state index in [0.717, 1.165) is 35.2 Å². The zero-order chi connectivity index (χ0) is 16.3. The Morgan fingerprint density at radius 3 is 2.05 bits per heavy atom. The average Bonchev–Trinajstić information content (AvgIpc) is 2.47. The van der Waals surface area contributed by atoms with E-state index in [1.165, 1.54) is 19.2 Å². The van der Waals surface area contributed by atoms with Crippen molar-refractivity contribution in [3.63, 3.8) is 0 Å². The molecule has 0 saturated heterocycles. The van der Waals surface area contributed by atoms with Crippen LogP contribution in [0.25, 0.3) is 0 Å². The van der Waals surface area contributed by atoms with Crippen molar-refractivity contribution in [2.24, 2.45) is 0 Å². The van der Waals surface area contributed by atoms with Gasteiger partial charge in [0.25, 0.3) is 5.91 Å². The van der Waals surface area contributed by atoms with Crippen LogP contribution in [-0.2, 0) is 0 Å². The van der Waals surface area contributed by atoms with E-state index in [1.807, 2.05) is 5.32 Å². The summed E-state index contributed by atoms with van der Waals surface area (Å²) in [5.74, 6) is -3.83. The van der Waals surface area contributed by atoms with Gasteiger partial charge in [-0.05, 0) is 36.4 Å². The molecule has 0 atom stereocenters. The number of rotatable bonds is 2. The number of benzene rings is 2. The van der Waals surface area contributed by atoms with E-state index in [1.54, 1.807) is 0 Å². The van der Waals surface area contributed by atoms with Gasteiger partial charge in [0.15, 0.2) is 0 Å². The van der Waals surface area contributed by atoms with Crippen LogP contribution in [0.1, 0.15) is 10.4 Å². The van der Waals surface area contributed by atoms with Gasteiger partial charge in [-0.25, -0.2) is 18.0 Å². The molecule has 0 heterocycles. The first-order chi connectivity index (χ1) is 10.4. The van der Waals surface area contributed by atoms with Crippen molar-refractivity contribution in [3.05, 3.63) is 65.5 Å². The number of anilines is 1. The Bertz CT molecular complexity index is 697. The van der Waals surface area contributed by atoms with E-state index in [4.69, 9.17) is 0 Å². The van der Waals surface area contributed by atoms with E-state index in [0.29, 0.717) is 5.69 Å². The molecule has 114 valence electrons. The number of amides is 3. The average molecular weight is 308 g/mol. The van der Waals surface area contributed by atoms with Crippen LogP contribution in [-0.4, -0.2) is 19.0 Å². The van der Waals surface area contributed by atoms with Crippen molar-refractivity contribution < 1.29 is 22.8 Å². The number of carbonyl (C=O) groups excluding carboxylic acids is 2.